The van der Waals surface area contributed by atoms with Crippen molar-refractivity contribution < 1.29 is 9.13 Å². The number of halogens is 1. The van der Waals surface area contributed by atoms with Crippen LogP contribution in [0, 0.1) is 19.7 Å². The first-order valence-electron chi connectivity index (χ1n) is 6.17. The van der Waals surface area contributed by atoms with Crippen LogP contribution in [0.4, 0.5) is 4.39 Å². The lowest BCUT2D eigenvalue weighted by Gasteiger charge is -2.21. The van der Waals surface area contributed by atoms with E-state index < -0.39 is 0 Å². The van der Waals surface area contributed by atoms with Crippen LogP contribution in [0.1, 0.15) is 36.6 Å². The summed E-state index contributed by atoms with van der Waals surface area (Å²) in [5.74, 6) is -0.145. The van der Waals surface area contributed by atoms with Crippen LogP contribution in [0.15, 0.2) is 12.1 Å². The summed E-state index contributed by atoms with van der Waals surface area (Å²) in [7, 11) is 0. The Labute approximate surface area is 103 Å². The van der Waals surface area contributed by atoms with E-state index in [0.717, 1.165) is 23.2 Å². The second-order valence-corrected chi connectivity index (χ2v) is 4.25. The fourth-order valence-electron chi connectivity index (χ4n) is 2.09. The van der Waals surface area contributed by atoms with Gasteiger partial charge >= 0.3 is 0 Å². The Morgan fingerprint density at radius 2 is 2.00 bits per heavy atom. The number of aryl methyl sites for hydroxylation is 2. The van der Waals surface area contributed by atoms with Gasteiger partial charge < -0.3 is 10.1 Å². The summed E-state index contributed by atoms with van der Waals surface area (Å²) in [6, 6.07) is 3.52. The SMILES string of the molecule is CCNC(COCC)c1c(C)cc(C)cc1F. The molecule has 0 amide bonds. The highest BCUT2D eigenvalue weighted by Gasteiger charge is 2.17. The number of rotatable bonds is 6. The Kier molecular flexibility index (Phi) is 5.59. The minimum Gasteiger partial charge on any atom is -0.380 e. The van der Waals surface area contributed by atoms with Crippen molar-refractivity contribution in [3.8, 4) is 0 Å². The lowest BCUT2D eigenvalue weighted by atomic mass is 9.98. The maximum Gasteiger partial charge on any atom is 0.128 e. The van der Waals surface area contributed by atoms with Crippen LogP contribution >= 0.6 is 0 Å². The van der Waals surface area contributed by atoms with Crippen LogP contribution in [-0.2, 0) is 4.74 Å². The molecule has 17 heavy (non-hydrogen) atoms. The minimum absolute atomic E-state index is 0.0689. The Bertz CT molecular complexity index is 342. The average Bonchev–Trinajstić information content (AvgIpc) is 2.24. The van der Waals surface area contributed by atoms with Crippen LogP contribution in [0.5, 0.6) is 0 Å². The topological polar surface area (TPSA) is 21.3 Å². The number of nitrogens with one attached hydrogen (secondary N) is 1. The predicted molar refractivity (Wildman–Crippen MR) is 68.8 cm³/mol. The monoisotopic (exact) mass is 239 g/mol. The Morgan fingerprint density at radius 3 is 2.53 bits per heavy atom. The summed E-state index contributed by atoms with van der Waals surface area (Å²) in [6.07, 6.45) is 0. The highest BCUT2D eigenvalue weighted by Crippen LogP contribution is 2.23. The van der Waals surface area contributed by atoms with Gasteiger partial charge in [0, 0.05) is 12.2 Å². The molecule has 0 saturated carbocycles. The second kappa shape index (κ2) is 6.72. The van der Waals surface area contributed by atoms with Crippen molar-refractivity contribution in [1.29, 1.82) is 0 Å². The quantitative estimate of drug-likeness (QED) is 0.823. The van der Waals surface area contributed by atoms with E-state index in [2.05, 4.69) is 5.32 Å². The zero-order chi connectivity index (χ0) is 12.8. The van der Waals surface area contributed by atoms with Gasteiger partial charge in [0.1, 0.15) is 5.82 Å². The second-order valence-electron chi connectivity index (χ2n) is 4.25. The summed E-state index contributed by atoms with van der Waals surface area (Å²) >= 11 is 0. The third-order valence-electron chi connectivity index (χ3n) is 2.77. The van der Waals surface area contributed by atoms with Crippen molar-refractivity contribution >= 4 is 0 Å². The van der Waals surface area contributed by atoms with E-state index in [1.807, 2.05) is 33.8 Å². The summed E-state index contributed by atoms with van der Waals surface area (Å²) in [6.45, 7) is 9.76. The van der Waals surface area contributed by atoms with Crippen molar-refractivity contribution in [1.82, 2.24) is 5.32 Å². The molecule has 0 radical (unpaired) electrons. The molecule has 1 aromatic rings. The van der Waals surface area contributed by atoms with E-state index in [4.69, 9.17) is 4.74 Å². The number of likely N-dealkylation sites (N-methyl/N-ethyl adjacent to an activating group) is 1. The summed E-state index contributed by atoms with van der Waals surface area (Å²) in [4.78, 5) is 0. The van der Waals surface area contributed by atoms with E-state index in [1.165, 1.54) is 0 Å². The molecule has 3 heteroatoms. The zero-order valence-electron chi connectivity index (χ0n) is 11.1. The van der Waals surface area contributed by atoms with E-state index in [0.29, 0.717) is 13.2 Å². The largest absolute Gasteiger partial charge is 0.380 e. The molecule has 0 saturated heterocycles. The maximum atomic E-state index is 14.0. The number of hydrogen-bond donors (Lipinski definition) is 1. The third kappa shape index (κ3) is 3.79. The lowest BCUT2D eigenvalue weighted by Crippen LogP contribution is -2.27. The summed E-state index contributed by atoms with van der Waals surface area (Å²) < 4.78 is 19.4. The van der Waals surface area contributed by atoms with E-state index in [1.54, 1.807) is 6.07 Å². The smallest absolute Gasteiger partial charge is 0.128 e. The molecular formula is C14H22FNO. The average molecular weight is 239 g/mol. The molecule has 1 unspecified atom stereocenters. The highest BCUT2D eigenvalue weighted by atomic mass is 19.1. The molecule has 96 valence electrons. The summed E-state index contributed by atoms with van der Waals surface area (Å²) in [5.41, 5.74) is 2.66. The first kappa shape index (κ1) is 14.1. The molecule has 0 fully saturated rings. The van der Waals surface area contributed by atoms with E-state index in [9.17, 15) is 4.39 Å². The molecule has 1 atom stereocenters. The van der Waals surface area contributed by atoms with Gasteiger partial charge in [-0.2, -0.15) is 0 Å². The third-order valence-corrected chi connectivity index (χ3v) is 2.77. The van der Waals surface area contributed by atoms with Crippen molar-refractivity contribution in [3.63, 3.8) is 0 Å². The van der Waals surface area contributed by atoms with Crippen molar-refractivity contribution in [2.45, 2.75) is 33.7 Å². The van der Waals surface area contributed by atoms with Gasteiger partial charge in [0.05, 0.1) is 12.6 Å². The van der Waals surface area contributed by atoms with Crippen molar-refractivity contribution in [2.24, 2.45) is 0 Å². The summed E-state index contributed by atoms with van der Waals surface area (Å²) in [5, 5.41) is 3.27. The predicted octanol–water partition coefficient (Wildman–Crippen LogP) is 3.13. The van der Waals surface area contributed by atoms with Crippen LogP contribution in [0.25, 0.3) is 0 Å². The Morgan fingerprint density at radius 1 is 1.29 bits per heavy atom. The number of hydrogen-bond acceptors (Lipinski definition) is 2. The van der Waals surface area contributed by atoms with Crippen molar-refractivity contribution in [2.75, 3.05) is 19.8 Å². The fraction of sp³-hybridized carbons (Fsp3) is 0.571. The van der Waals surface area contributed by atoms with Gasteiger partial charge in [0.25, 0.3) is 0 Å². The van der Waals surface area contributed by atoms with Crippen molar-refractivity contribution in [3.05, 3.63) is 34.6 Å². The minimum atomic E-state index is -0.145. The van der Waals surface area contributed by atoms with Gasteiger partial charge in [0.2, 0.25) is 0 Å². The molecule has 0 bridgehead atoms. The first-order chi connectivity index (χ1) is 8.10. The standard InChI is InChI=1S/C14H22FNO/c1-5-16-13(9-17-6-2)14-11(4)7-10(3)8-12(14)15/h7-8,13,16H,5-6,9H2,1-4H3. The molecule has 0 aliphatic carbocycles. The van der Waals surface area contributed by atoms with Crippen LogP contribution in [-0.4, -0.2) is 19.8 Å². The normalized spacial score (nSPS) is 12.8. The highest BCUT2D eigenvalue weighted by molar-refractivity contribution is 5.34. The van der Waals surface area contributed by atoms with Gasteiger partial charge in [-0.3, -0.25) is 0 Å². The molecule has 0 aliphatic heterocycles. The molecule has 2 nitrogen and oxygen atoms in total. The van der Waals surface area contributed by atoms with E-state index in [-0.39, 0.29) is 11.9 Å². The first-order valence-corrected chi connectivity index (χ1v) is 6.17. The molecule has 1 rings (SSSR count). The molecule has 0 heterocycles. The molecule has 1 N–H and O–H groups in total. The fourth-order valence-corrected chi connectivity index (χ4v) is 2.09. The van der Waals surface area contributed by atoms with Gasteiger partial charge in [-0.05, 0) is 44.5 Å². The van der Waals surface area contributed by atoms with Gasteiger partial charge in [0.15, 0.2) is 0 Å². The lowest BCUT2D eigenvalue weighted by molar-refractivity contribution is 0.122. The molecule has 1 aromatic carbocycles. The van der Waals surface area contributed by atoms with Crippen LogP contribution in [0.2, 0.25) is 0 Å². The zero-order valence-corrected chi connectivity index (χ0v) is 11.1. The van der Waals surface area contributed by atoms with Crippen LogP contribution < -0.4 is 5.32 Å². The number of benzene rings is 1. The molecule has 0 aromatic heterocycles. The maximum absolute atomic E-state index is 14.0. The molecule has 0 spiro atoms. The molecule has 0 aliphatic rings. The van der Waals surface area contributed by atoms with Gasteiger partial charge in [-0.25, -0.2) is 4.39 Å². The van der Waals surface area contributed by atoms with Gasteiger partial charge in [-0.15, -0.1) is 0 Å². The van der Waals surface area contributed by atoms with Gasteiger partial charge in [-0.1, -0.05) is 13.0 Å². The molecular weight excluding hydrogens is 217 g/mol. The van der Waals surface area contributed by atoms with Crippen LogP contribution in [0.3, 0.4) is 0 Å². The number of ether oxygens (including phenoxy) is 1. The van der Waals surface area contributed by atoms with E-state index >= 15 is 0 Å². The Hall–Kier alpha value is -0.930. The Balaban J connectivity index is 3.00.